The molecule has 0 aromatic heterocycles. The van der Waals surface area contributed by atoms with Crippen LogP contribution < -0.4 is 0 Å². The molecular formula is C18H26F10O2. The molecule has 0 amide bonds. The van der Waals surface area contributed by atoms with Crippen LogP contribution in [0.5, 0.6) is 0 Å². The molecule has 0 fully saturated rings. The van der Waals surface area contributed by atoms with Gasteiger partial charge in [0, 0.05) is 6.42 Å². The molecule has 0 atom stereocenters. The lowest BCUT2D eigenvalue weighted by molar-refractivity contribution is -0.192. The zero-order chi connectivity index (χ0) is 24.2. The van der Waals surface area contributed by atoms with E-state index in [0.29, 0.717) is 6.42 Å². The molecule has 0 N–H and O–H groups in total. The van der Waals surface area contributed by atoms with Gasteiger partial charge in [0.2, 0.25) is 0 Å². The van der Waals surface area contributed by atoms with Gasteiger partial charge in [-0.1, -0.05) is 6.92 Å². The quantitative estimate of drug-likeness (QED) is 0.214. The minimum Gasteiger partial charge on any atom is -0.465 e. The third-order valence-corrected chi connectivity index (χ3v) is 4.26. The zero-order valence-corrected chi connectivity index (χ0v) is 17.0. The van der Waals surface area contributed by atoms with Gasteiger partial charge in [0.1, 0.15) is 0 Å². The fraction of sp³-hybridized carbons (Fsp3) is 0.944. The van der Waals surface area contributed by atoms with Gasteiger partial charge in [-0.25, -0.2) is 43.9 Å². The van der Waals surface area contributed by atoms with Crippen LogP contribution >= 0.6 is 0 Å². The van der Waals surface area contributed by atoms with Gasteiger partial charge < -0.3 is 4.74 Å². The molecule has 0 heterocycles. The smallest absolute Gasteiger partial charge is 0.311 e. The van der Waals surface area contributed by atoms with Gasteiger partial charge in [0.15, 0.2) is 0 Å². The molecule has 0 aliphatic rings. The van der Waals surface area contributed by atoms with Crippen LogP contribution in [0.2, 0.25) is 0 Å². The highest BCUT2D eigenvalue weighted by molar-refractivity contribution is 5.75. The van der Waals surface area contributed by atoms with Crippen molar-refractivity contribution in [3.63, 3.8) is 0 Å². The second-order valence-electron chi connectivity index (χ2n) is 8.32. The van der Waals surface area contributed by atoms with Gasteiger partial charge in [0.05, 0.1) is 37.7 Å². The van der Waals surface area contributed by atoms with Gasteiger partial charge in [0.25, 0.3) is 29.6 Å². The van der Waals surface area contributed by atoms with E-state index in [-0.39, 0.29) is 6.92 Å². The Balaban J connectivity index is 4.88. The topological polar surface area (TPSA) is 26.3 Å². The predicted molar refractivity (Wildman–Crippen MR) is 88.5 cm³/mol. The summed E-state index contributed by atoms with van der Waals surface area (Å²) in [6.07, 6.45) is -11.1. The molecule has 2 nitrogen and oxygen atoms in total. The van der Waals surface area contributed by atoms with Crippen molar-refractivity contribution in [1.82, 2.24) is 0 Å². The summed E-state index contributed by atoms with van der Waals surface area (Å²) in [4.78, 5) is 11.6. The molecule has 0 spiro atoms. The summed E-state index contributed by atoms with van der Waals surface area (Å²) >= 11 is 0. The maximum Gasteiger partial charge on any atom is 0.311 e. The average Bonchev–Trinajstić information content (AvgIpc) is 2.39. The van der Waals surface area contributed by atoms with Crippen LogP contribution in [-0.4, -0.2) is 42.2 Å². The first-order valence-corrected chi connectivity index (χ1v) is 9.08. The van der Waals surface area contributed by atoms with Crippen LogP contribution in [0.4, 0.5) is 43.9 Å². The predicted octanol–water partition coefficient (Wildman–Crippen LogP) is 7.11. The molecule has 0 aromatic rings. The van der Waals surface area contributed by atoms with E-state index in [2.05, 4.69) is 4.74 Å². The fourth-order valence-corrected chi connectivity index (χ4v) is 2.50. The molecule has 30 heavy (non-hydrogen) atoms. The first-order valence-electron chi connectivity index (χ1n) is 9.08. The summed E-state index contributed by atoms with van der Waals surface area (Å²) in [6, 6.07) is 0. The Morgan fingerprint density at radius 1 is 0.667 bits per heavy atom. The van der Waals surface area contributed by atoms with Crippen LogP contribution in [-0.2, 0) is 9.53 Å². The number of hydrogen-bond donors (Lipinski definition) is 0. The lowest BCUT2D eigenvalue weighted by Gasteiger charge is -2.29. The van der Waals surface area contributed by atoms with Crippen molar-refractivity contribution in [2.45, 2.75) is 95.8 Å². The maximum absolute atomic E-state index is 13.7. The van der Waals surface area contributed by atoms with Crippen molar-refractivity contribution in [3.05, 3.63) is 0 Å². The number of hydrogen-bond acceptors (Lipinski definition) is 2. The second kappa shape index (κ2) is 9.50. The van der Waals surface area contributed by atoms with Crippen molar-refractivity contribution in [2.24, 2.45) is 5.41 Å². The average molecular weight is 464 g/mol. The summed E-state index contributed by atoms with van der Waals surface area (Å²) in [7, 11) is 0. The monoisotopic (exact) mass is 464 g/mol. The highest BCUT2D eigenvalue weighted by Crippen LogP contribution is 2.45. The van der Waals surface area contributed by atoms with E-state index in [1.807, 2.05) is 0 Å². The SMILES string of the molecule is CCC(C)(C)C(=O)OCCC(F)(F)CC(F)(F)CC(F)(F)CC(F)(F)CC(C)(F)F. The third kappa shape index (κ3) is 11.8. The van der Waals surface area contributed by atoms with Crippen molar-refractivity contribution < 1.29 is 53.4 Å². The van der Waals surface area contributed by atoms with Gasteiger partial charge in [-0.3, -0.25) is 4.79 Å². The van der Waals surface area contributed by atoms with Crippen LogP contribution in [0.3, 0.4) is 0 Å². The molecule has 0 aliphatic heterocycles. The Bertz CT molecular complexity index is 568. The normalized spacial score (nSPS) is 14.7. The third-order valence-electron chi connectivity index (χ3n) is 4.26. The summed E-state index contributed by atoms with van der Waals surface area (Å²) in [6.45, 7) is 3.65. The molecule has 12 heteroatoms. The molecule has 0 bridgehead atoms. The van der Waals surface area contributed by atoms with E-state index in [9.17, 15) is 48.7 Å². The molecule has 0 aromatic carbocycles. The van der Waals surface area contributed by atoms with E-state index in [0.717, 1.165) is 0 Å². The van der Waals surface area contributed by atoms with Crippen molar-refractivity contribution in [1.29, 1.82) is 0 Å². The summed E-state index contributed by atoms with van der Waals surface area (Å²) in [5.41, 5.74) is -0.998. The number of halogens is 10. The van der Waals surface area contributed by atoms with E-state index in [4.69, 9.17) is 0 Å². The number of rotatable bonds is 13. The van der Waals surface area contributed by atoms with Crippen LogP contribution in [0.15, 0.2) is 0 Å². The number of ether oxygens (including phenoxy) is 1. The Morgan fingerprint density at radius 2 is 1.03 bits per heavy atom. The number of alkyl halides is 10. The van der Waals surface area contributed by atoms with Crippen molar-refractivity contribution in [2.75, 3.05) is 6.61 Å². The number of esters is 1. The minimum absolute atomic E-state index is 0.0443. The second-order valence-corrected chi connectivity index (χ2v) is 8.32. The van der Waals surface area contributed by atoms with E-state index in [1.54, 1.807) is 6.92 Å². The highest BCUT2D eigenvalue weighted by Gasteiger charge is 2.54. The molecule has 0 unspecified atom stereocenters. The molecule has 0 rings (SSSR count). The van der Waals surface area contributed by atoms with Gasteiger partial charge in [-0.15, -0.1) is 0 Å². The Kier molecular flexibility index (Phi) is 9.11. The van der Waals surface area contributed by atoms with Gasteiger partial charge in [-0.05, 0) is 27.2 Å². The first kappa shape index (κ1) is 28.8. The van der Waals surface area contributed by atoms with Gasteiger partial charge >= 0.3 is 5.97 Å². The van der Waals surface area contributed by atoms with Crippen LogP contribution in [0, 0.1) is 5.41 Å². The van der Waals surface area contributed by atoms with E-state index >= 15 is 0 Å². The standard InChI is InChI=1S/C18H26F10O2/c1-5-13(2,3)12(29)30-7-6-15(21,22)9-17(25,26)11-18(27,28)10-16(23,24)8-14(4,19)20/h5-11H2,1-4H3. The Labute approximate surface area is 168 Å². The van der Waals surface area contributed by atoms with Crippen LogP contribution in [0.25, 0.3) is 0 Å². The molecular weight excluding hydrogens is 438 g/mol. The lowest BCUT2D eigenvalue weighted by atomic mass is 9.91. The number of carbonyl (C=O) groups is 1. The van der Waals surface area contributed by atoms with Crippen LogP contribution in [0.1, 0.15) is 66.2 Å². The lowest BCUT2D eigenvalue weighted by Crippen LogP contribution is -2.40. The molecule has 0 aliphatic carbocycles. The fourth-order valence-electron chi connectivity index (χ4n) is 2.50. The maximum atomic E-state index is 13.7. The minimum atomic E-state index is -4.87. The van der Waals surface area contributed by atoms with E-state index < -0.39 is 79.7 Å². The largest absolute Gasteiger partial charge is 0.465 e. The Hall–Kier alpha value is -1.23. The van der Waals surface area contributed by atoms with E-state index in [1.165, 1.54) is 13.8 Å². The van der Waals surface area contributed by atoms with Gasteiger partial charge in [-0.2, -0.15) is 0 Å². The zero-order valence-electron chi connectivity index (χ0n) is 17.0. The van der Waals surface area contributed by atoms with Crippen molar-refractivity contribution in [3.8, 4) is 0 Å². The molecule has 0 saturated carbocycles. The Morgan fingerprint density at radius 3 is 1.40 bits per heavy atom. The summed E-state index contributed by atoms with van der Waals surface area (Å²) in [5, 5.41) is 0. The molecule has 0 saturated heterocycles. The van der Waals surface area contributed by atoms with Crippen molar-refractivity contribution >= 4 is 5.97 Å². The number of carbonyl (C=O) groups excluding carboxylic acids is 1. The summed E-state index contributed by atoms with van der Waals surface area (Å²) in [5.74, 6) is -23.4. The molecule has 0 radical (unpaired) electrons. The summed E-state index contributed by atoms with van der Waals surface area (Å²) < 4.78 is 138. The highest BCUT2D eigenvalue weighted by atomic mass is 19.3. The molecule has 180 valence electrons. The first-order chi connectivity index (χ1) is 13.0.